The van der Waals surface area contributed by atoms with Crippen LogP contribution in [0.4, 0.5) is 23.1 Å². The van der Waals surface area contributed by atoms with E-state index in [-0.39, 0.29) is 5.56 Å². The van der Waals surface area contributed by atoms with E-state index in [1.54, 1.807) is 36.7 Å². The highest BCUT2D eigenvalue weighted by Crippen LogP contribution is 2.28. The lowest BCUT2D eigenvalue weighted by Gasteiger charge is -2.13. The average Bonchev–Trinajstić information content (AvgIpc) is 2.79. The molecule has 33 heavy (non-hydrogen) atoms. The lowest BCUT2D eigenvalue weighted by molar-refractivity contribution is 0.0698. The lowest BCUT2D eigenvalue weighted by atomic mass is 10.1. The van der Waals surface area contributed by atoms with Crippen LogP contribution in [0.1, 0.15) is 21.6 Å². The van der Waals surface area contributed by atoms with E-state index in [4.69, 9.17) is 11.6 Å². The van der Waals surface area contributed by atoms with Crippen LogP contribution in [0.25, 0.3) is 0 Å². The van der Waals surface area contributed by atoms with Gasteiger partial charge in [0.05, 0.1) is 11.3 Å². The van der Waals surface area contributed by atoms with Gasteiger partial charge in [-0.15, -0.1) is 0 Å². The molecule has 10 heteroatoms. The Labute approximate surface area is 199 Å². The molecule has 0 radical (unpaired) electrons. The third-order valence-electron chi connectivity index (χ3n) is 4.48. The topological polar surface area (TPSA) is 113 Å². The molecule has 0 aliphatic carbocycles. The Morgan fingerprint density at radius 1 is 1.03 bits per heavy atom. The van der Waals surface area contributed by atoms with Gasteiger partial charge in [-0.25, -0.2) is 24.7 Å². The van der Waals surface area contributed by atoms with E-state index < -0.39 is 5.97 Å². The van der Waals surface area contributed by atoms with E-state index in [0.717, 1.165) is 11.3 Å². The van der Waals surface area contributed by atoms with E-state index in [1.807, 2.05) is 31.2 Å². The van der Waals surface area contributed by atoms with Crippen LogP contribution in [0.2, 0.25) is 5.02 Å². The highest BCUT2D eigenvalue weighted by Gasteiger charge is 2.13. The summed E-state index contributed by atoms with van der Waals surface area (Å²) in [6, 6.07) is 15.9. The summed E-state index contributed by atoms with van der Waals surface area (Å²) < 4.78 is 0. The minimum atomic E-state index is -1.06. The van der Waals surface area contributed by atoms with E-state index >= 15 is 0 Å². The van der Waals surface area contributed by atoms with Gasteiger partial charge in [0.2, 0.25) is 5.95 Å². The Morgan fingerprint density at radius 2 is 1.82 bits per heavy atom. The van der Waals surface area contributed by atoms with Gasteiger partial charge in [0.25, 0.3) is 0 Å². The van der Waals surface area contributed by atoms with E-state index in [0.29, 0.717) is 39.1 Å². The van der Waals surface area contributed by atoms with Crippen LogP contribution in [-0.2, 0) is 5.75 Å². The first kappa shape index (κ1) is 22.5. The second-order valence-electron chi connectivity index (χ2n) is 6.95. The minimum Gasteiger partial charge on any atom is -0.478 e. The monoisotopic (exact) mass is 478 g/mol. The highest BCUT2D eigenvalue weighted by atomic mass is 35.5. The number of hydrogen-bond donors (Lipinski definition) is 3. The highest BCUT2D eigenvalue weighted by molar-refractivity contribution is 7.98. The Morgan fingerprint density at radius 3 is 2.58 bits per heavy atom. The molecule has 0 atom stereocenters. The second-order valence-corrected chi connectivity index (χ2v) is 8.29. The third kappa shape index (κ3) is 5.97. The van der Waals surface area contributed by atoms with Crippen molar-refractivity contribution in [3.8, 4) is 0 Å². The molecule has 0 saturated carbocycles. The zero-order valence-electron chi connectivity index (χ0n) is 17.5. The molecule has 4 aromatic rings. The Kier molecular flexibility index (Phi) is 7.01. The zero-order chi connectivity index (χ0) is 23.2. The van der Waals surface area contributed by atoms with Crippen LogP contribution in [-0.4, -0.2) is 31.0 Å². The van der Waals surface area contributed by atoms with Crippen molar-refractivity contribution >= 4 is 52.5 Å². The molecule has 0 aliphatic heterocycles. The van der Waals surface area contributed by atoms with Crippen LogP contribution in [0.15, 0.2) is 72.1 Å². The number of halogens is 1. The number of carboxylic acids is 1. The molecule has 8 nitrogen and oxygen atoms in total. The van der Waals surface area contributed by atoms with Gasteiger partial charge in [-0.2, -0.15) is 0 Å². The maximum absolute atomic E-state index is 11.8. The van der Waals surface area contributed by atoms with Gasteiger partial charge in [-0.1, -0.05) is 41.6 Å². The number of anilines is 4. The molecule has 0 aliphatic rings. The van der Waals surface area contributed by atoms with Crippen molar-refractivity contribution in [2.45, 2.75) is 17.8 Å². The molecule has 0 unspecified atom stereocenters. The predicted molar refractivity (Wildman–Crippen MR) is 130 cm³/mol. The second kappa shape index (κ2) is 10.3. The predicted octanol–water partition coefficient (Wildman–Crippen LogP) is 5.71. The fourth-order valence-electron chi connectivity index (χ4n) is 2.97. The Hall–Kier alpha value is -3.69. The quantitative estimate of drug-likeness (QED) is 0.216. The molecule has 0 saturated heterocycles. The number of nitrogens with one attached hydrogen (secondary N) is 2. The zero-order valence-corrected chi connectivity index (χ0v) is 19.1. The summed E-state index contributed by atoms with van der Waals surface area (Å²) >= 11 is 7.69. The first-order valence-electron chi connectivity index (χ1n) is 9.88. The summed E-state index contributed by atoms with van der Waals surface area (Å²) in [5.74, 6) is 0.445. The fourth-order valence-corrected chi connectivity index (χ4v) is 4.16. The molecule has 0 amide bonds. The van der Waals surface area contributed by atoms with Gasteiger partial charge in [-0.05, 0) is 42.8 Å². The number of carboxylic acid groups (broad SMARTS) is 1. The summed E-state index contributed by atoms with van der Waals surface area (Å²) in [6.45, 7) is 1.86. The van der Waals surface area contributed by atoms with E-state index in [9.17, 15) is 9.90 Å². The first-order valence-corrected chi connectivity index (χ1v) is 11.2. The molecular formula is C23H19ClN6O2S. The Bertz CT molecular complexity index is 1290. The molecule has 0 spiro atoms. The maximum atomic E-state index is 11.8. The molecular weight excluding hydrogens is 460 g/mol. The number of aromatic carboxylic acids is 1. The molecule has 3 N–H and O–H groups in total. The fraction of sp³-hybridized carbons (Fsp3) is 0.0870. The van der Waals surface area contributed by atoms with E-state index in [1.165, 1.54) is 17.8 Å². The molecule has 166 valence electrons. The smallest absolute Gasteiger partial charge is 0.337 e. The van der Waals surface area contributed by atoms with Crippen LogP contribution in [0, 0.1) is 6.92 Å². The van der Waals surface area contributed by atoms with Crippen LogP contribution < -0.4 is 10.6 Å². The normalized spacial score (nSPS) is 10.6. The van der Waals surface area contributed by atoms with Crippen molar-refractivity contribution in [2.24, 2.45) is 0 Å². The summed E-state index contributed by atoms with van der Waals surface area (Å²) in [6.07, 6.45) is 3.23. The van der Waals surface area contributed by atoms with Crippen molar-refractivity contribution in [2.75, 3.05) is 10.6 Å². The molecule has 2 heterocycles. The van der Waals surface area contributed by atoms with Crippen LogP contribution in [0.3, 0.4) is 0 Å². The third-order valence-corrected chi connectivity index (χ3v) is 5.75. The average molecular weight is 479 g/mol. The van der Waals surface area contributed by atoms with Crippen molar-refractivity contribution in [3.63, 3.8) is 0 Å². The number of benzene rings is 2. The molecule has 0 bridgehead atoms. The van der Waals surface area contributed by atoms with Gasteiger partial charge < -0.3 is 15.7 Å². The molecule has 0 fully saturated rings. The summed E-state index contributed by atoms with van der Waals surface area (Å²) in [4.78, 5) is 29.1. The van der Waals surface area contributed by atoms with Crippen molar-refractivity contribution in [1.29, 1.82) is 0 Å². The molecule has 2 aromatic heterocycles. The molecule has 4 rings (SSSR count). The standard InChI is InChI=1S/C23H19ClN6O2S/c1-14-11-20(30-23(27-14)33-13-15-5-2-3-6-18(15)24)29-19-12-16(7-8-17(19)21(31)32)28-22-25-9-4-10-26-22/h2-12H,13H2,1H3,(H,31,32)(H,25,26,28)(H,27,29,30). The van der Waals surface area contributed by atoms with Gasteiger partial charge in [0.15, 0.2) is 5.16 Å². The van der Waals surface area contributed by atoms with E-state index in [2.05, 4.69) is 30.6 Å². The summed E-state index contributed by atoms with van der Waals surface area (Å²) in [7, 11) is 0. The van der Waals surface area contributed by atoms with Crippen molar-refractivity contribution < 1.29 is 9.90 Å². The van der Waals surface area contributed by atoms with Gasteiger partial charge in [0, 0.05) is 40.6 Å². The minimum absolute atomic E-state index is 0.107. The number of aromatic nitrogens is 4. The lowest BCUT2D eigenvalue weighted by Crippen LogP contribution is -2.06. The SMILES string of the molecule is Cc1cc(Nc2cc(Nc3ncccn3)ccc2C(=O)O)nc(SCc2ccccc2Cl)n1. The number of nitrogens with zero attached hydrogens (tertiary/aromatic N) is 4. The van der Waals surface area contributed by atoms with Crippen molar-refractivity contribution in [3.05, 3.63) is 88.8 Å². The number of thioether (sulfide) groups is 1. The summed E-state index contributed by atoms with van der Waals surface area (Å²) in [5.41, 5.74) is 2.85. The first-order chi connectivity index (χ1) is 16.0. The van der Waals surface area contributed by atoms with Gasteiger partial charge >= 0.3 is 5.97 Å². The number of rotatable bonds is 8. The Balaban J connectivity index is 1.57. The summed E-state index contributed by atoms with van der Waals surface area (Å²) in [5, 5.41) is 17.1. The largest absolute Gasteiger partial charge is 0.478 e. The molecule has 2 aromatic carbocycles. The maximum Gasteiger partial charge on any atom is 0.337 e. The van der Waals surface area contributed by atoms with Crippen LogP contribution >= 0.6 is 23.4 Å². The van der Waals surface area contributed by atoms with Gasteiger partial charge in [-0.3, -0.25) is 0 Å². The number of carbonyl (C=O) groups is 1. The number of hydrogen-bond acceptors (Lipinski definition) is 8. The number of aryl methyl sites for hydroxylation is 1. The van der Waals surface area contributed by atoms with Gasteiger partial charge in [0.1, 0.15) is 5.82 Å². The van der Waals surface area contributed by atoms with Crippen molar-refractivity contribution in [1.82, 2.24) is 19.9 Å². The van der Waals surface area contributed by atoms with Crippen LogP contribution in [0.5, 0.6) is 0 Å².